The lowest BCUT2D eigenvalue weighted by molar-refractivity contribution is 0.0942. The number of fused-ring (bicyclic) bond motifs is 1. The molecule has 3 aromatic heterocycles. The zero-order valence-corrected chi connectivity index (χ0v) is 21.2. The Labute approximate surface area is 205 Å². The van der Waals surface area contributed by atoms with Crippen LogP contribution in [0.25, 0.3) is 11.0 Å². The van der Waals surface area contributed by atoms with E-state index in [9.17, 15) is 4.79 Å². The van der Waals surface area contributed by atoms with Crippen LogP contribution < -0.4 is 10.1 Å². The molecule has 1 saturated carbocycles. The van der Waals surface area contributed by atoms with E-state index in [0.29, 0.717) is 11.5 Å². The van der Waals surface area contributed by atoms with Crippen molar-refractivity contribution in [1.29, 1.82) is 0 Å². The van der Waals surface area contributed by atoms with Crippen LogP contribution in [-0.2, 0) is 12.6 Å². The van der Waals surface area contributed by atoms with Gasteiger partial charge in [0.25, 0.3) is 5.91 Å². The van der Waals surface area contributed by atoms with E-state index in [1.165, 1.54) is 0 Å². The van der Waals surface area contributed by atoms with Crippen LogP contribution >= 0.6 is 0 Å². The summed E-state index contributed by atoms with van der Waals surface area (Å²) in [6, 6.07) is 9.22. The van der Waals surface area contributed by atoms with Gasteiger partial charge in [-0.15, -0.1) is 0 Å². The van der Waals surface area contributed by atoms with Crippen LogP contribution in [0.4, 0.5) is 0 Å². The fourth-order valence-electron chi connectivity index (χ4n) is 4.53. The number of hydrogen-bond donors (Lipinski definition) is 1. The minimum absolute atomic E-state index is 0.174. The number of nitrogens with one attached hydrogen (secondary N) is 1. The molecule has 0 saturated heterocycles. The summed E-state index contributed by atoms with van der Waals surface area (Å²) in [5.74, 6) is 1.69. The van der Waals surface area contributed by atoms with Gasteiger partial charge >= 0.3 is 0 Å². The molecule has 1 aromatic carbocycles. The Bertz CT molecular complexity index is 1410. The van der Waals surface area contributed by atoms with E-state index < -0.39 is 6.04 Å². The maximum absolute atomic E-state index is 14.0. The number of rotatable bonds is 6. The topological polar surface area (TPSA) is 86.9 Å². The minimum Gasteiger partial charge on any atom is -0.497 e. The fourth-order valence-corrected chi connectivity index (χ4v) is 4.53. The first kappa shape index (κ1) is 23.1. The molecule has 3 heterocycles. The van der Waals surface area contributed by atoms with Crippen LogP contribution in [0, 0.1) is 6.92 Å². The van der Waals surface area contributed by atoms with Crippen molar-refractivity contribution in [3.8, 4) is 5.75 Å². The number of aromatic nitrogens is 5. The van der Waals surface area contributed by atoms with E-state index in [1.54, 1.807) is 13.3 Å². The largest absolute Gasteiger partial charge is 0.497 e. The van der Waals surface area contributed by atoms with E-state index >= 15 is 0 Å². The lowest BCUT2D eigenvalue weighted by atomic mass is 10.0. The van der Waals surface area contributed by atoms with Gasteiger partial charge in [-0.05, 0) is 64.3 Å². The van der Waals surface area contributed by atoms with Crippen molar-refractivity contribution < 1.29 is 9.53 Å². The van der Waals surface area contributed by atoms with Crippen molar-refractivity contribution in [2.24, 2.45) is 7.05 Å². The molecule has 182 valence electrons. The number of hydrogen-bond acceptors (Lipinski definition) is 5. The molecule has 1 fully saturated rings. The second-order valence-electron chi connectivity index (χ2n) is 10.3. The number of ether oxygens (including phenoxy) is 1. The summed E-state index contributed by atoms with van der Waals surface area (Å²) < 4.78 is 9.30. The minimum atomic E-state index is -0.455. The fraction of sp³-hybridized carbons (Fsp3) is 0.407. The lowest BCUT2D eigenvalue weighted by Gasteiger charge is -2.21. The standard InChI is InChI=1S/C27H32N6O2/c1-16-22-20(15-21(17-10-11-17)29-24(22)33(31-16)27(2,3)4)26(34)30-23(25-28-12-13-32(25)5)18-8-7-9-19(14-18)35-6/h7-9,12-15,17,23H,10-11H2,1-6H3,(H,30,34). The maximum atomic E-state index is 14.0. The third-order valence-electron chi connectivity index (χ3n) is 6.53. The van der Waals surface area contributed by atoms with Gasteiger partial charge in [0.2, 0.25) is 0 Å². The van der Waals surface area contributed by atoms with Crippen LogP contribution in [0.15, 0.2) is 42.7 Å². The zero-order valence-electron chi connectivity index (χ0n) is 21.2. The Morgan fingerprint density at radius 2 is 2.00 bits per heavy atom. The summed E-state index contributed by atoms with van der Waals surface area (Å²) in [6.45, 7) is 8.25. The molecule has 8 heteroatoms. The van der Waals surface area contributed by atoms with Gasteiger partial charge in [0.1, 0.15) is 17.6 Å². The smallest absolute Gasteiger partial charge is 0.253 e. The van der Waals surface area contributed by atoms with Gasteiger partial charge in [0, 0.05) is 31.1 Å². The van der Waals surface area contributed by atoms with Crippen molar-refractivity contribution in [1.82, 2.24) is 29.6 Å². The number of nitrogens with zero attached hydrogens (tertiary/aromatic N) is 5. The first-order valence-corrected chi connectivity index (χ1v) is 12.0. The summed E-state index contributed by atoms with van der Waals surface area (Å²) in [4.78, 5) is 23.5. The molecule has 1 atom stereocenters. The molecule has 1 amide bonds. The van der Waals surface area contributed by atoms with Gasteiger partial charge in [0.15, 0.2) is 5.65 Å². The molecule has 0 spiro atoms. The molecule has 1 aliphatic carbocycles. The molecular formula is C27H32N6O2. The molecule has 5 rings (SSSR count). The van der Waals surface area contributed by atoms with Crippen LogP contribution in [0.5, 0.6) is 5.75 Å². The van der Waals surface area contributed by atoms with Crippen LogP contribution in [0.1, 0.15) is 78.7 Å². The zero-order chi connectivity index (χ0) is 24.9. The Morgan fingerprint density at radius 1 is 1.23 bits per heavy atom. The van der Waals surface area contributed by atoms with E-state index in [1.807, 2.05) is 59.7 Å². The number of amides is 1. The Morgan fingerprint density at radius 3 is 2.63 bits per heavy atom. The molecule has 35 heavy (non-hydrogen) atoms. The van der Waals surface area contributed by atoms with Crippen molar-refractivity contribution >= 4 is 16.9 Å². The average molecular weight is 473 g/mol. The third-order valence-corrected chi connectivity index (χ3v) is 6.53. The highest BCUT2D eigenvalue weighted by atomic mass is 16.5. The molecule has 1 aliphatic rings. The average Bonchev–Trinajstić information content (AvgIpc) is 3.51. The second-order valence-corrected chi connectivity index (χ2v) is 10.3. The summed E-state index contributed by atoms with van der Waals surface area (Å²) in [5, 5.41) is 8.84. The summed E-state index contributed by atoms with van der Waals surface area (Å²) >= 11 is 0. The van der Waals surface area contributed by atoms with Crippen molar-refractivity contribution in [2.45, 2.75) is 58.0 Å². The van der Waals surface area contributed by atoms with Gasteiger partial charge in [0.05, 0.1) is 29.3 Å². The lowest BCUT2D eigenvalue weighted by Crippen LogP contribution is -2.31. The van der Waals surface area contributed by atoms with E-state index in [-0.39, 0.29) is 11.4 Å². The number of carbonyl (C=O) groups excluding carboxylic acids is 1. The van der Waals surface area contributed by atoms with Crippen molar-refractivity contribution in [3.63, 3.8) is 0 Å². The molecular weight excluding hydrogens is 440 g/mol. The van der Waals surface area contributed by atoms with Crippen LogP contribution in [0.3, 0.4) is 0 Å². The number of aryl methyl sites for hydroxylation is 2. The van der Waals surface area contributed by atoms with Gasteiger partial charge in [-0.3, -0.25) is 4.79 Å². The molecule has 1 unspecified atom stereocenters. The number of imidazole rings is 1. The van der Waals surface area contributed by atoms with Gasteiger partial charge in [-0.25, -0.2) is 14.6 Å². The highest BCUT2D eigenvalue weighted by Crippen LogP contribution is 2.41. The Hall–Kier alpha value is -3.68. The Balaban J connectivity index is 1.63. The highest BCUT2D eigenvalue weighted by molar-refractivity contribution is 6.07. The second kappa shape index (κ2) is 8.52. The third kappa shape index (κ3) is 4.29. The highest BCUT2D eigenvalue weighted by Gasteiger charge is 2.31. The van der Waals surface area contributed by atoms with Gasteiger partial charge in [-0.1, -0.05) is 12.1 Å². The number of carbonyl (C=O) groups is 1. The van der Waals surface area contributed by atoms with Crippen molar-refractivity contribution in [3.05, 3.63) is 71.1 Å². The number of benzene rings is 1. The number of methoxy groups -OCH3 is 1. The SMILES string of the molecule is COc1cccc(C(NC(=O)c2cc(C3CC3)nc3c2c(C)nn3C(C)(C)C)c2nccn2C)c1. The molecule has 4 aromatic rings. The van der Waals surface area contributed by atoms with Crippen LogP contribution in [0.2, 0.25) is 0 Å². The molecule has 0 radical (unpaired) electrons. The van der Waals surface area contributed by atoms with E-state index in [2.05, 4.69) is 31.1 Å². The molecule has 8 nitrogen and oxygen atoms in total. The van der Waals surface area contributed by atoms with E-state index in [4.69, 9.17) is 14.8 Å². The van der Waals surface area contributed by atoms with Gasteiger partial charge in [-0.2, -0.15) is 5.10 Å². The Kier molecular flexibility index (Phi) is 5.62. The molecule has 1 N–H and O–H groups in total. The number of pyridine rings is 1. The monoisotopic (exact) mass is 472 g/mol. The predicted molar refractivity (Wildman–Crippen MR) is 135 cm³/mol. The summed E-state index contributed by atoms with van der Waals surface area (Å²) in [7, 11) is 3.56. The maximum Gasteiger partial charge on any atom is 0.253 e. The molecule has 0 bridgehead atoms. The molecule has 0 aliphatic heterocycles. The van der Waals surface area contributed by atoms with Crippen molar-refractivity contribution in [2.75, 3.05) is 7.11 Å². The van der Waals surface area contributed by atoms with Crippen LogP contribution in [-0.4, -0.2) is 37.3 Å². The van der Waals surface area contributed by atoms with Gasteiger partial charge < -0.3 is 14.6 Å². The summed E-state index contributed by atoms with van der Waals surface area (Å²) in [5.41, 5.74) is 3.76. The quantitative estimate of drug-likeness (QED) is 0.442. The summed E-state index contributed by atoms with van der Waals surface area (Å²) in [6.07, 6.45) is 5.81. The predicted octanol–water partition coefficient (Wildman–Crippen LogP) is 4.63. The first-order chi connectivity index (χ1) is 16.7. The normalized spacial score (nSPS) is 14.8. The van der Waals surface area contributed by atoms with E-state index in [0.717, 1.165) is 52.4 Å². The first-order valence-electron chi connectivity index (χ1n) is 12.0.